The first-order valence-electron chi connectivity index (χ1n) is 7.02. The summed E-state index contributed by atoms with van der Waals surface area (Å²) in [7, 11) is 0. The minimum atomic E-state index is 0.0985. The fourth-order valence-electron chi connectivity index (χ4n) is 2.20. The van der Waals surface area contributed by atoms with Crippen molar-refractivity contribution in [3.8, 4) is 5.75 Å². The molecule has 0 fully saturated rings. The Balaban J connectivity index is 2.10. The zero-order valence-corrected chi connectivity index (χ0v) is 11.7. The summed E-state index contributed by atoms with van der Waals surface area (Å²) in [5.41, 5.74) is 1.56. The summed E-state index contributed by atoms with van der Waals surface area (Å²) in [6.07, 6.45) is 9.28. The molecular weight excluding hydrogens is 238 g/mol. The van der Waals surface area contributed by atoms with Crippen LogP contribution in [0.5, 0.6) is 5.75 Å². The molecule has 19 heavy (non-hydrogen) atoms. The van der Waals surface area contributed by atoms with Gasteiger partial charge in [0.1, 0.15) is 5.75 Å². The second-order valence-electron chi connectivity index (χ2n) is 5.20. The van der Waals surface area contributed by atoms with E-state index < -0.39 is 0 Å². The maximum absolute atomic E-state index is 12.4. The first-order chi connectivity index (χ1) is 9.20. The molecule has 1 atom stereocenters. The Bertz CT molecular complexity index is 479. The normalized spacial score (nSPS) is 18.8. The average molecular weight is 259 g/mol. The molecule has 2 rings (SSSR count). The summed E-state index contributed by atoms with van der Waals surface area (Å²) in [5, 5.41) is 0. The minimum Gasteiger partial charge on any atom is -0.492 e. The number of ether oxygens (including phenoxy) is 1. The van der Waals surface area contributed by atoms with Gasteiger partial charge in [0.15, 0.2) is 5.78 Å². The van der Waals surface area contributed by atoms with Crippen molar-refractivity contribution in [3.05, 3.63) is 35.7 Å². The van der Waals surface area contributed by atoms with Crippen molar-refractivity contribution in [2.75, 3.05) is 6.61 Å². The highest BCUT2D eigenvalue weighted by molar-refractivity contribution is 6.08. The van der Waals surface area contributed by atoms with E-state index >= 15 is 0 Å². The lowest BCUT2D eigenvalue weighted by atomic mass is 9.88. The van der Waals surface area contributed by atoms with Crippen molar-refractivity contribution < 1.29 is 9.53 Å². The van der Waals surface area contributed by atoms with Gasteiger partial charge in [-0.05, 0) is 43.2 Å². The molecule has 0 aromatic carbocycles. The molecule has 0 radical (unpaired) electrons. The van der Waals surface area contributed by atoms with Crippen molar-refractivity contribution in [2.45, 2.75) is 39.5 Å². The smallest absolute Gasteiger partial charge is 0.190 e. The van der Waals surface area contributed by atoms with Gasteiger partial charge < -0.3 is 4.74 Å². The molecule has 1 aliphatic rings. The fraction of sp³-hybridized carbons (Fsp3) is 0.500. The van der Waals surface area contributed by atoms with Gasteiger partial charge in [-0.3, -0.25) is 9.78 Å². The Kier molecular flexibility index (Phi) is 4.72. The third-order valence-electron chi connectivity index (χ3n) is 3.41. The molecule has 0 saturated carbocycles. The summed E-state index contributed by atoms with van der Waals surface area (Å²) in [6, 6.07) is 1.80. The van der Waals surface area contributed by atoms with Gasteiger partial charge in [0.2, 0.25) is 0 Å². The largest absolute Gasteiger partial charge is 0.492 e. The van der Waals surface area contributed by atoms with E-state index in [1.807, 2.05) is 0 Å². The maximum Gasteiger partial charge on any atom is 0.190 e. The van der Waals surface area contributed by atoms with Gasteiger partial charge in [0.25, 0.3) is 0 Å². The van der Waals surface area contributed by atoms with Gasteiger partial charge in [-0.1, -0.05) is 19.9 Å². The van der Waals surface area contributed by atoms with Gasteiger partial charge >= 0.3 is 0 Å². The van der Waals surface area contributed by atoms with Crippen molar-refractivity contribution >= 4 is 5.78 Å². The molecule has 0 amide bonds. The molecule has 0 aliphatic heterocycles. The van der Waals surface area contributed by atoms with Crippen LogP contribution in [0.3, 0.4) is 0 Å². The predicted molar refractivity (Wildman–Crippen MR) is 75.5 cm³/mol. The topological polar surface area (TPSA) is 39.2 Å². The van der Waals surface area contributed by atoms with Gasteiger partial charge in [0, 0.05) is 11.8 Å². The second kappa shape index (κ2) is 6.50. The number of ketones is 1. The Morgan fingerprint density at radius 2 is 2.32 bits per heavy atom. The number of hydrogen-bond acceptors (Lipinski definition) is 3. The standard InChI is InChI=1S/C16H21NO2/c1-3-8-19-15-9-14(10-17-11-15)16(18)13-6-4-12(2)5-7-13/h6,9-12H,3-5,7-8H2,1-2H3. The van der Waals surface area contributed by atoms with Crippen LogP contribution < -0.4 is 4.74 Å². The van der Waals surface area contributed by atoms with Gasteiger partial charge in [-0.25, -0.2) is 0 Å². The Labute approximate surface area is 114 Å². The molecular formula is C16H21NO2. The van der Waals surface area contributed by atoms with Crippen LogP contribution in [0.15, 0.2) is 30.1 Å². The average Bonchev–Trinajstić information content (AvgIpc) is 2.45. The number of carbonyl (C=O) groups excluding carboxylic acids is 1. The lowest BCUT2D eigenvalue weighted by molar-refractivity contribution is 0.102. The van der Waals surface area contributed by atoms with Crippen LogP contribution in [0.4, 0.5) is 0 Å². The molecule has 0 N–H and O–H groups in total. The van der Waals surface area contributed by atoms with Crippen LogP contribution in [0.25, 0.3) is 0 Å². The van der Waals surface area contributed by atoms with Crippen LogP contribution in [-0.2, 0) is 0 Å². The summed E-state index contributed by atoms with van der Waals surface area (Å²) in [5.74, 6) is 1.47. The van der Waals surface area contributed by atoms with Crippen molar-refractivity contribution in [3.63, 3.8) is 0 Å². The van der Waals surface area contributed by atoms with Crippen molar-refractivity contribution in [1.29, 1.82) is 0 Å². The highest BCUT2D eigenvalue weighted by Crippen LogP contribution is 2.26. The van der Waals surface area contributed by atoms with Crippen LogP contribution in [0.2, 0.25) is 0 Å². The Hall–Kier alpha value is -1.64. The molecule has 0 saturated heterocycles. The molecule has 1 heterocycles. The first-order valence-corrected chi connectivity index (χ1v) is 7.02. The number of nitrogens with zero attached hydrogens (tertiary/aromatic N) is 1. The van der Waals surface area contributed by atoms with Crippen molar-refractivity contribution in [1.82, 2.24) is 4.98 Å². The van der Waals surface area contributed by atoms with Crippen molar-refractivity contribution in [2.24, 2.45) is 5.92 Å². The van der Waals surface area contributed by atoms with E-state index in [0.29, 0.717) is 23.8 Å². The quantitative estimate of drug-likeness (QED) is 0.755. The fourth-order valence-corrected chi connectivity index (χ4v) is 2.20. The lowest BCUT2D eigenvalue weighted by Gasteiger charge is -2.17. The zero-order chi connectivity index (χ0) is 13.7. The number of rotatable bonds is 5. The zero-order valence-electron chi connectivity index (χ0n) is 11.7. The second-order valence-corrected chi connectivity index (χ2v) is 5.20. The third-order valence-corrected chi connectivity index (χ3v) is 3.41. The minimum absolute atomic E-state index is 0.0985. The predicted octanol–water partition coefficient (Wildman–Crippen LogP) is 3.80. The molecule has 1 unspecified atom stereocenters. The van der Waals surface area contributed by atoms with Gasteiger partial charge in [-0.2, -0.15) is 0 Å². The first kappa shape index (κ1) is 13.8. The SMILES string of the molecule is CCCOc1cncc(C(=O)C2=CCC(C)CC2)c1. The van der Waals surface area contributed by atoms with Crippen LogP contribution >= 0.6 is 0 Å². The molecule has 1 aromatic rings. The van der Waals surface area contributed by atoms with E-state index in [1.54, 1.807) is 18.5 Å². The molecule has 1 aliphatic carbocycles. The maximum atomic E-state index is 12.4. The van der Waals surface area contributed by atoms with Crippen LogP contribution in [0.1, 0.15) is 49.9 Å². The Morgan fingerprint density at radius 3 is 3.00 bits per heavy atom. The van der Waals surface area contributed by atoms with E-state index in [0.717, 1.165) is 31.3 Å². The van der Waals surface area contributed by atoms with E-state index in [9.17, 15) is 4.79 Å². The molecule has 1 aromatic heterocycles. The summed E-state index contributed by atoms with van der Waals surface area (Å²) in [4.78, 5) is 16.5. The molecule has 3 nitrogen and oxygen atoms in total. The van der Waals surface area contributed by atoms with Gasteiger partial charge in [-0.15, -0.1) is 0 Å². The molecule has 3 heteroatoms. The number of allylic oxidation sites excluding steroid dienone is 2. The number of hydrogen-bond donors (Lipinski definition) is 0. The van der Waals surface area contributed by atoms with E-state index in [2.05, 4.69) is 24.9 Å². The van der Waals surface area contributed by atoms with E-state index in [1.165, 1.54) is 0 Å². The summed E-state index contributed by atoms with van der Waals surface area (Å²) in [6.45, 7) is 4.93. The summed E-state index contributed by atoms with van der Waals surface area (Å²) >= 11 is 0. The third kappa shape index (κ3) is 3.66. The van der Waals surface area contributed by atoms with Gasteiger partial charge in [0.05, 0.1) is 12.8 Å². The Morgan fingerprint density at radius 1 is 1.47 bits per heavy atom. The number of Topliss-reactive ketones (excluding diaryl/α,β-unsaturated/α-hetero) is 1. The molecule has 0 spiro atoms. The van der Waals surface area contributed by atoms with E-state index in [4.69, 9.17) is 4.74 Å². The number of pyridine rings is 1. The van der Waals surface area contributed by atoms with E-state index in [-0.39, 0.29) is 5.78 Å². The highest BCUT2D eigenvalue weighted by atomic mass is 16.5. The van der Waals surface area contributed by atoms with Crippen LogP contribution in [-0.4, -0.2) is 17.4 Å². The molecule has 0 bridgehead atoms. The lowest BCUT2D eigenvalue weighted by Crippen LogP contribution is -2.10. The number of carbonyl (C=O) groups is 1. The highest BCUT2D eigenvalue weighted by Gasteiger charge is 2.18. The number of aromatic nitrogens is 1. The van der Waals surface area contributed by atoms with Crippen LogP contribution in [0, 0.1) is 5.92 Å². The molecule has 102 valence electrons. The summed E-state index contributed by atoms with van der Waals surface area (Å²) < 4.78 is 5.52. The monoisotopic (exact) mass is 259 g/mol.